The molecule has 0 bridgehead atoms. The molecule has 0 amide bonds. The van der Waals surface area contributed by atoms with E-state index in [0.717, 1.165) is 33.9 Å². The monoisotopic (exact) mass is 273 g/mol. The zero-order valence-corrected chi connectivity index (χ0v) is 11.0. The molecule has 0 aliphatic heterocycles. The topological polar surface area (TPSA) is 37.8 Å². The number of fused-ring (bicyclic) bond motifs is 1. The Balaban J connectivity index is 1.61. The Morgan fingerprint density at radius 3 is 2.79 bits per heavy atom. The van der Waals surface area contributed by atoms with Crippen LogP contribution in [0.2, 0.25) is 0 Å². The predicted octanol–water partition coefficient (Wildman–Crippen LogP) is 3.49. The van der Waals surface area contributed by atoms with Crippen LogP contribution in [0.1, 0.15) is 5.56 Å². The van der Waals surface area contributed by atoms with Crippen molar-refractivity contribution in [3.8, 4) is 0 Å². The molecule has 19 heavy (non-hydrogen) atoms. The Bertz CT molecular complexity index is 645. The smallest absolute Gasteiger partial charge is 0.183 e. The van der Waals surface area contributed by atoms with Crippen molar-refractivity contribution in [3.05, 3.63) is 54.1 Å². The number of pyridine rings is 1. The second-order valence-corrected chi connectivity index (χ2v) is 5.20. The molecule has 0 saturated heterocycles. The molecule has 3 nitrogen and oxygen atoms in total. The van der Waals surface area contributed by atoms with E-state index >= 15 is 0 Å². The van der Waals surface area contributed by atoms with E-state index < -0.39 is 0 Å². The molecular weight excluding hydrogens is 261 g/mol. The molecule has 5 heteroatoms. The normalized spacial score (nSPS) is 10.8. The first-order valence-electron chi connectivity index (χ1n) is 6.00. The molecule has 3 rings (SSSR count). The third-order valence-electron chi connectivity index (χ3n) is 2.79. The molecule has 0 radical (unpaired) electrons. The molecule has 0 aliphatic rings. The maximum atomic E-state index is 12.8. The first-order chi connectivity index (χ1) is 9.31. The number of thiazole rings is 1. The van der Waals surface area contributed by atoms with Crippen molar-refractivity contribution in [1.29, 1.82) is 0 Å². The highest BCUT2D eigenvalue weighted by Gasteiger charge is 2.02. The summed E-state index contributed by atoms with van der Waals surface area (Å²) in [7, 11) is 0. The fraction of sp³-hybridized carbons (Fsp3) is 0.143. The van der Waals surface area contributed by atoms with Crippen LogP contribution < -0.4 is 5.32 Å². The molecule has 1 N–H and O–H groups in total. The summed E-state index contributed by atoms with van der Waals surface area (Å²) in [6.07, 6.45) is 4.37. The van der Waals surface area contributed by atoms with E-state index in [1.165, 1.54) is 12.1 Å². The molecule has 0 saturated carbocycles. The lowest BCUT2D eigenvalue weighted by Crippen LogP contribution is -2.04. The number of anilines is 1. The molecular formula is C14H12FN3S. The van der Waals surface area contributed by atoms with Gasteiger partial charge in [0, 0.05) is 12.7 Å². The van der Waals surface area contributed by atoms with Gasteiger partial charge in [0.15, 0.2) is 5.13 Å². The summed E-state index contributed by atoms with van der Waals surface area (Å²) in [4.78, 5) is 8.49. The maximum Gasteiger partial charge on any atom is 0.183 e. The van der Waals surface area contributed by atoms with Crippen molar-refractivity contribution in [3.63, 3.8) is 0 Å². The number of nitrogens with zero attached hydrogens (tertiary/aromatic N) is 2. The van der Waals surface area contributed by atoms with Gasteiger partial charge in [0.05, 0.1) is 10.9 Å². The van der Waals surface area contributed by atoms with Crippen molar-refractivity contribution >= 4 is 26.7 Å². The second-order valence-electron chi connectivity index (χ2n) is 4.17. The van der Waals surface area contributed by atoms with Gasteiger partial charge in [0.2, 0.25) is 0 Å². The first kappa shape index (κ1) is 12.0. The summed E-state index contributed by atoms with van der Waals surface area (Å²) in [5.41, 5.74) is 2.02. The standard InChI is InChI=1S/C14H12FN3S/c15-11-3-1-10(2-4-11)5-8-17-14-18-12-9-16-7-6-13(12)19-14/h1-4,6-7,9H,5,8H2,(H,17,18). The lowest BCUT2D eigenvalue weighted by atomic mass is 10.1. The molecule has 2 aromatic heterocycles. The van der Waals surface area contributed by atoms with Crippen LogP contribution in [0.5, 0.6) is 0 Å². The number of rotatable bonds is 4. The number of hydrogen-bond donors (Lipinski definition) is 1. The Morgan fingerprint density at radius 1 is 1.16 bits per heavy atom. The van der Waals surface area contributed by atoms with Gasteiger partial charge >= 0.3 is 0 Å². The summed E-state index contributed by atoms with van der Waals surface area (Å²) < 4.78 is 13.9. The molecule has 3 aromatic rings. The minimum Gasteiger partial charge on any atom is -0.361 e. The number of benzene rings is 1. The van der Waals surface area contributed by atoms with Crippen LogP contribution in [-0.4, -0.2) is 16.5 Å². The van der Waals surface area contributed by atoms with E-state index in [-0.39, 0.29) is 5.82 Å². The number of hydrogen-bond acceptors (Lipinski definition) is 4. The van der Waals surface area contributed by atoms with Gasteiger partial charge in [-0.2, -0.15) is 0 Å². The summed E-state index contributed by atoms with van der Waals surface area (Å²) in [6.45, 7) is 0.777. The van der Waals surface area contributed by atoms with Gasteiger partial charge in [0.1, 0.15) is 11.3 Å². The zero-order valence-electron chi connectivity index (χ0n) is 10.1. The summed E-state index contributed by atoms with van der Waals surface area (Å²) in [6, 6.07) is 8.54. The average Bonchev–Trinajstić information content (AvgIpc) is 2.83. The summed E-state index contributed by atoms with van der Waals surface area (Å²) >= 11 is 1.61. The predicted molar refractivity (Wildman–Crippen MR) is 76.0 cm³/mol. The first-order valence-corrected chi connectivity index (χ1v) is 6.82. The van der Waals surface area contributed by atoms with Crippen LogP contribution >= 0.6 is 11.3 Å². The fourth-order valence-electron chi connectivity index (χ4n) is 1.82. The third-order valence-corrected chi connectivity index (χ3v) is 3.79. The third kappa shape index (κ3) is 2.88. The van der Waals surface area contributed by atoms with Gasteiger partial charge in [0.25, 0.3) is 0 Å². The largest absolute Gasteiger partial charge is 0.361 e. The van der Waals surface area contributed by atoms with E-state index in [1.54, 1.807) is 35.9 Å². The van der Waals surface area contributed by atoms with Gasteiger partial charge < -0.3 is 5.32 Å². The lowest BCUT2D eigenvalue weighted by Gasteiger charge is -2.02. The van der Waals surface area contributed by atoms with Gasteiger partial charge in [-0.05, 0) is 30.2 Å². The molecule has 0 aliphatic carbocycles. The minimum atomic E-state index is -0.199. The van der Waals surface area contributed by atoms with Crippen LogP contribution in [0.25, 0.3) is 10.2 Å². The molecule has 1 aromatic carbocycles. The van der Waals surface area contributed by atoms with Gasteiger partial charge in [-0.25, -0.2) is 9.37 Å². The van der Waals surface area contributed by atoms with Crippen LogP contribution in [-0.2, 0) is 6.42 Å². The zero-order chi connectivity index (χ0) is 13.1. The Hall–Kier alpha value is -2.01. The van der Waals surface area contributed by atoms with E-state index in [4.69, 9.17) is 0 Å². The van der Waals surface area contributed by atoms with E-state index in [9.17, 15) is 4.39 Å². The van der Waals surface area contributed by atoms with Gasteiger partial charge in [-0.3, -0.25) is 4.98 Å². The molecule has 0 spiro atoms. The molecule has 96 valence electrons. The Labute approximate surface area is 114 Å². The van der Waals surface area contributed by atoms with Crippen molar-refractivity contribution in [2.45, 2.75) is 6.42 Å². The van der Waals surface area contributed by atoms with Gasteiger partial charge in [-0.15, -0.1) is 0 Å². The highest BCUT2D eigenvalue weighted by atomic mass is 32.1. The fourth-order valence-corrected chi connectivity index (χ4v) is 2.68. The minimum absolute atomic E-state index is 0.199. The highest BCUT2D eigenvalue weighted by Crippen LogP contribution is 2.24. The van der Waals surface area contributed by atoms with Crippen LogP contribution in [0.15, 0.2) is 42.7 Å². The number of aromatic nitrogens is 2. The molecule has 0 unspecified atom stereocenters. The molecule has 2 heterocycles. The number of halogens is 1. The summed E-state index contributed by atoms with van der Waals surface area (Å²) in [5.74, 6) is -0.199. The van der Waals surface area contributed by atoms with Crippen molar-refractivity contribution in [1.82, 2.24) is 9.97 Å². The quantitative estimate of drug-likeness (QED) is 0.790. The SMILES string of the molecule is Fc1ccc(CCNc2nc3cnccc3s2)cc1. The van der Waals surface area contributed by atoms with Crippen molar-refractivity contribution < 1.29 is 4.39 Å². The molecule has 0 atom stereocenters. The second kappa shape index (κ2) is 5.32. The van der Waals surface area contributed by atoms with Crippen LogP contribution in [0.4, 0.5) is 9.52 Å². The van der Waals surface area contributed by atoms with Crippen molar-refractivity contribution in [2.24, 2.45) is 0 Å². The maximum absolute atomic E-state index is 12.8. The highest BCUT2D eigenvalue weighted by molar-refractivity contribution is 7.22. The van der Waals surface area contributed by atoms with Crippen LogP contribution in [0, 0.1) is 5.82 Å². The number of nitrogens with one attached hydrogen (secondary N) is 1. The van der Waals surface area contributed by atoms with E-state index in [2.05, 4.69) is 15.3 Å². The Morgan fingerprint density at radius 2 is 2.00 bits per heavy atom. The van der Waals surface area contributed by atoms with Crippen molar-refractivity contribution in [2.75, 3.05) is 11.9 Å². The summed E-state index contributed by atoms with van der Waals surface area (Å²) in [5, 5.41) is 4.18. The van der Waals surface area contributed by atoms with E-state index in [1.807, 2.05) is 6.07 Å². The average molecular weight is 273 g/mol. The lowest BCUT2D eigenvalue weighted by molar-refractivity contribution is 0.627. The van der Waals surface area contributed by atoms with Crippen LogP contribution in [0.3, 0.4) is 0 Å². The van der Waals surface area contributed by atoms with Gasteiger partial charge in [-0.1, -0.05) is 23.5 Å². The van der Waals surface area contributed by atoms with E-state index in [0.29, 0.717) is 0 Å². The molecule has 0 fully saturated rings. The Kier molecular flexibility index (Phi) is 3.37.